The largest absolute Gasteiger partial charge is 0.364 e. The molecule has 1 unspecified atom stereocenters. The molecule has 1 fully saturated rings. The fourth-order valence-corrected chi connectivity index (χ4v) is 1.84. The third-order valence-corrected chi connectivity index (χ3v) is 2.44. The second-order valence-electron chi connectivity index (χ2n) is 3.06. The van der Waals surface area contributed by atoms with E-state index in [1.165, 1.54) is 25.8 Å². The average molecular weight is 157 g/mol. The molecule has 1 atom stereocenters. The molecule has 1 aliphatic heterocycles. The van der Waals surface area contributed by atoms with Crippen molar-refractivity contribution in [2.75, 3.05) is 6.54 Å². The van der Waals surface area contributed by atoms with Gasteiger partial charge in [-0.05, 0) is 33.1 Å². The zero-order chi connectivity index (χ0) is 7.56. The van der Waals surface area contributed by atoms with E-state index in [0.29, 0.717) is 6.04 Å². The SMILES string of the molecule is CC(=S)N1CCCCC1C. The van der Waals surface area contributed by atoms with Crippen LogP contribution in [0.2, 0.25) is 0 Å². The molecule has 2 heteroatoms. The molecule has 0 saturated carbocycles. The molecule has 1 saturated heterocycles. The molecule has 1 rings (SSSR count). The van der Waals surface area contributed by atoms with Crippen LogP contribution in [0.25, 0.3) is 0 Å². The van der Waals surface area contributed by atoms with Crippen LogP contribution in [0.15, 0.2) is 0 Å². The Morgan fingerprint density at radius 1 is 1.50 bits per heavy atom. The number of hydrogen-bond acceptors (Lipinski definition) is 1. The third kappa shape index (κ3) is 1.69. The lowest BCUT2D eigenvalue weighted by atomic mass is 10.0. The van der Waals surface area contributed by atoms with E-state index >= 15 is 0 Å². The van der Waals surface area contributed by atoms with Gasteiger partial charge in [-0.25, -0.2) is 0 Å². The van der Waals surface area contributed by atoms with Gasteiger partial charge in [0, 0.05) is 12.6 Å². The molecule has 0 amide bonds. The van der Waals surface area contributed by atoms with Crippen molar-refractivity contribution in [3.05, 3.63) is 0 Å². The molecule has 0 bridgehead atoms. The molecule has 0 radical (unpaired) electrons. The average Bonchev–Trinajstić information content (AvgIpc) is 1.88. The number of nitrogens with zero attached hydrogens (tertiary/aromatic N) is 1. The number of rotatable bonds is 0. The lowest BCUT2D eigenvalue weighted by molar-refractivity contribution is 0.261. The fourth-order valence-electron chi connectivity index (χ4n) is 1.57. The first-order valence-corrected chi connectivity index (χ1v) is 4.40. The van der Waals surface area contributed by atoms with Crippen LogP contribution in [0.3, 0.4) is 0 Å². The molecule has 10 heavy (non-hydrogen) atoms. The summed E-state index contributed by atoms with van der Waals surface area (Å²) in [5.41, 5.74) is 0. The first-order chi connectivity index (χ1) is 4.72. The van der Waals surface area contributed by atoms with Gasteiger partial charge < -0.3 is 4.90 Å². The van der Waals surface area contributed by atoms with Crippen LogP contribution in [0, 0.1) is 0 Å². The Hall–Kier alpha value is -0.110. The van der Waals surface area contributed by atoms with E-state index in [9.17, 15) is 0 Å². The highest BCUT2D eigenvalue weighted by Crippen LogP contribution is 2.16. The van der Waals surface area contributed by atoms with Crippen molar-refractivity contribution in [3.63, 3.8) is 0 Å². The van der Waals surface area contributed by atoms with E-state index in [4.69, 9.17) is 12.2 Å². The van der Waals surface area contributed by atoms with Crippen molar-refractivity contribution in [2.24, 2.45) is 0 Å². The van der Waals surface area contributed by atoms with Gasteiger partial charge in [0.05, 0.1) is 4.99 Å². The Kier molecular flexibility index (Phi) is 2.66. The second kappa shape index (κ2) is 3.33. The molecule has 1 aliphatic rings. The van der Waals surface area contributed by atoms with E-state index in [0.717, 1.165) is 4.99 Å². The minimum Gasteiger partial charge on any atom is -0.364 e. The van der Waals surface area contributed by atoms with Crippen LogP contribution >= 0.6 is 12.2 Å². The molecule has 58 valence electrons. The van der Waals surface area contributed by atoms with Crippen molar-refractivity contribution >= 4 is 17.2 Å². The topological polar surface area (TPSA) is 3.24 Å². The zero-order valence-electron chi connectivity index (χ0n) is 6.76. The standard InChI is InChI=1S/C8H15NS/c1-7-5-3-4-6-9(7)8(2)10/h7H,3-6H2,1-2H3. The summed E-state index contributed by atoms with van der Waals surface area (Å²) < 4.78 is 0. The van der Waals surface area contributed by atoms with E-state index in [-0.39, 0.29) is 0 Å². The van der Waals surface area contributed by atoms with Crippen molar-refractivity contribution in [1.29, 1.82) is 0 Å². The number of piperidine rings is 1. The summed E-state index contributed by atoms with van der Waals surface area (Å²) in [6.45, 7) is 5.46. The van der Waals surface area contributed by atoms with Crippen LogP contribution in [0.1, 0.15) is 33.1 Å². The number of hydrogen-bond donors (Lipinski definition) is 0. The summed E-state index contributed by atoms with van der Waals surface area (Å²) in [4.78, 5) is 3.39. The molecule has 0 spiro atoms. The molecule has 0 aliphatic carbocycles. The molecular weight excluding hydrogens is 142 g/mol. The van der Waals surface area contributed by atoms with Gasteiger partial charge in [0.1, 0.15) is 0 Å². The van der Waals surface area contributed by atoms with E-state index < -0.39 is 0 Å². The first-order valence-electron chi connectivity index (χ1n) is 3.99. The van der Waals surface area contributed by atoms with Crippen LogP contribution in [-0.4, -0.2) is 22.5 Å². The molecule has 0 aromatic carbocycles. The van der Waals surface area contributed by atoms with Crippen molar-refractivity contribution in [1.82, 2.24) is 4.90 Å². The van der Waals surface area contributed by atoms with Gasteiger partial charge >= 0.3 is 0 Å². The predicted molar refractivity (Wildman–Crippen MR) is 48.3 cm³/mol. The highest BCUT2D eigenvalue weighted by atomic mass is 32.1. The summed E-state index contributed by atoms with van der Waals surface area (Å²) in [6.07, 6.45) is 4.01. The predicted octanol–water partition coefficient (Wildman–Crippen LogP) is 2.21. The molecule has 0 aromatic rings. The highest BCUT2D eigenvalue weighted by Gasteiger charge is 2.17. The van der Waals surface area contributed by atoms with Crippen LogP contribution in [-0.2, 0) is 0 Å². The molecule has 0 N–H and O–H groups in total. The second-order valence-corrected chi connectivity index (χ2v) is 3.65. The van der Waals surface area contributed by atoms with Gasteiger partial charge in [-0.3, -0.25) is 0 Å². The van der Waals surface area contributed by atoms with Gasteiger partial charge in [0.15, 0.2) is 0 Å². The molecule has 1 nitrogen and oxygen atoms in total. The summed E-state index contributed by atoms with van der Waals surface area (Å²) in [7, 11) is 0. The summed E-state index contributed by atoms with van der Waals surface area (Å²) in [6, 6.07) is 0.686. The normalized spacial score (nSPS) is 26.6. The fraction of sp³-hybridized carbons (Fsp3) is 0.875. The van der Waals surface area contributed by atoms with Gasteiger partial charge in [0.2, 0.25) is 0 Å². The maximum Gasteiger partial charge on any atom is 0.0750 e. The Balaban J connectivity index is 2.47. The molecule has 0 aromatic heterocycles. The highest BCUT2D eigenvalue weighted by molar-refractivity contribution is 7.80. The summed E-state index contributed by atoms with van der Waals surface area (Å²) in [5, 5.41) is 0. The monoisotopic (exact) mass is 157 g/mol. The van der Waals surface area contributed by atoms with Gasteiger partial charge in [-0.2, -0.15) is 0 Å². The maximum absolute atomic E-state index is 5.12. The first kappa shape index (κ1) is 7.99. The number of thiocarbonyl (C=S) groups is 1. The van der Waals surface area contributed by atoms with E-state index in [1.54, 1.807) is 0 Å². The summed E-state index contributed by atoms with van der Waals surface area (Å²) >= 11 is 5.12. The third-order valence-electron chi connectivity index (χ3n) is 2.21. The van der Waals surface area contributed by atoms with E-state index in [1.807, 2.05) is 6.92 Å². The Labute approximate surface area is 68.4 Å². The van der Waals surface area contributed by atoms with Gasteiger partial charge in [-0.15, -0.1) is 0 Å². The van der Waals surface area contributed by atoms with E-state index in [2.05, 4.69) is 11.8 Å². The van der Waals surface area contributed by atoms with Crippen molar-refractivity contribution in [2.45, 2.75) is 39.2 Å². The summed E-state index contributed by atoms with van der Waals surface area (Å²) in [5.74, 6) is 0. The molecule has 1 heterocycles. The van der Waals surface area contributed by atoms with Crippen LogP contribution in [0.5, 0.6) is 0 Å². The van der Waals surface area contributed by atoms with Crippen molar-refractivity contribution in [3.8, 4) is 0 Å². The van der Waals surface area contributed by atoms with Crippen LogP contribution in [0.4, 0.5) is 0 Å². The smallest absolute Gasteiger partial charge is 0.0750 e. The quantitative estimate of drug-likeness (QED) is 0.496. The maximum atomic E-state index is 5.12. The van der Waals surface area contributed by atoms with Gasteiger partial charge in [-0.1, -0.05) is 12.2 Å². The minimum atomic E-state index is 0.686. The van der Waals surface area contributed by atoms with Crippen LogP contribution < -0.4 is 0 Å². The Morgan fingerprint density at radius 2 is 2.20 bits per heavy atom. The van der Waals surface area contributed by atoms with Gasteiger partial charge in [0.25, 0.3) is 0 Å². The minimum absolute atomic E-state index is 0.686. The van der Waals surface area contributed by atoms with Crippen molar-refractivity contribution < 1.29 is 0 Å². The lowest BCUT2D eigenvalue weighted by Crippen LogP contribution is -2.39. The number of likely N-dealkylation sites (tertiary alicyclic amines) is 1. The Morgan fingerprint density at radius 3 is 2.60 bits per heavy atom. The lowest BCUT2D eigenvalue weighted by Gasteiger charge is -2.34. The molecular formula is C8H15NS. The Bertz CT molecular complexity index is 133. The zero-order valence-corrected chi connectivity index (χ0v) is 7.58.